The van der Waals surface area contributed by atoms with Crippen LogP contribution in [-0.2, 0) is 4.79 Å². The van der Waals surface area contributed by atoms with Gasteiger partial charge in [0.15, 0.2) is 0 Å². The van der Waals surface area contributed by atoms with Gasteiger partial charge in [0.2, 0.25) is 5.91 Å². The molecule has 1 aromatic carbocycles. The molecule has 1 rings (SSSR count). The molecule has 2 amide bonds. The number of likely N-dealkylation sites (N-methyl/N-ethyl adjacent to an activating group) is 1. The fraction of sp³-hybridized carbons (Fsp3) is 0.385. The highest BCUT2D eigenvalue weighted by atomic mass is 19.4. The largest absolute Gasteiger partial charge is 0.573 e. The zero-order valence-corrected chi connectivity index (χ0v) is 11.5. The van der Waals surface area contributed by atoms with E-state index in [1.807, 2.05) is 0 Å². The molecule has 0 aliphatic carbocycles. The number of hydrogen-bond donors (Lipinski definition) is 2. The van der Waals surface area contributed by atoms with Crippen LogP contribution in [0.2, 0.25) is 0 Å². The normalized spacial score (nSPS) is 12.4. The summed E-state index contributed by atoms with van der Waals surface area (Å²) in [5, 5.41) is 4.97. The minimum absolute atomic E-state index is 0.126. The van der Waals surface area contributed by atoms with Gasteiger partial charge in [-0.25, -0.2) is 0 Å². The highest BCUT2D eigenvalue weighted by molar-refractivity contribution is 5.97. The lowest BCUT2D eigenvalue weighted by Crippen LogP contribution is -2.44. The predicted octanol–water partition coefficient (Wildman–Crippen LogP) is 1.84. The maximum absolute atomic E-state index is 12.0. The number of carbonyl (C=O) groups excluding carboxylic acids is 2. The lowest BCUT2D eigenvalue weighted by Gasteiger charge is -2.13. The maximum Gasteiger partial charge on any atom is 0.573 e. The van der Waals surface area contributed by atoms with Crippen LogP contribution in [0.4, 0.5) is 13.2 Å². The van der Waals surface area contributed by atoms with E-state index in [0.717, 1.165) is 12.1 Å². The molecule has 0 aliphatic heterocycles. The Morgan fingerprint density at radius 2 is 1.81 bits per heavy atom. The van der Waals surface area contributed by atoms with Gasteiger partial charge in [0, 0.05) is 12.1 Å². The Morgan fingerprint density at radius 1 is 1.24 bits per heavy atom. The molecule has 0 unspecified atom stereocenters. The van der Waals surface area contributed by atoms with Crippen molar-refractivity contribution < 1.29 is 27.5 Å². The standard InChI is InChI=1S/C13H15F3N2O3/c1-3-17-11(19)8(2)18-12(20)9-4-6-10(7-5-9)21-13(14,15)16/h4-8H,3H2,1-2H3,(H,17,19)(H,18,20)/t8-/m0/s1. The number of ether oxygens (including phenoxy) is 1. The first-order chi connectivity index (χ1) is 9.73. The first-order valence-corrected chi connectivity index (χ1v) is 6.17. The van der Waals surface area contributed by atoms with Crippen LogP contribution in [0.25, 0.3) is 0 Å². The second-order valence-electron chi connectivity index (χ2n) is 4.16. The van der Waals surface area contributed by atoms with E-state index in [9.17, 15) is 22.8 Å². The van der Waals surface area contributed by atoms with Gasteiger partial charge < -0.3 is 15.4 Å². The molecule has 1 aromatic rings. The van der Waals surface area contributed by atoms with Crippen molar-refractivity contribution in [3.8, 4) is 5.75 Å². The van der Waals surface area contributed by atoms with Crippen LogP contribution in [0, 0.1) is 0 Å². The molecular weight excluding hydrogens is 289 g/mol. The fourth-order valence-corrected chi connectivity index (χ4v) is 1.48. The van der Waals surface area contributed by atoms with Gasteiger partial charge in [0.25, 0.3) is 5.91 Å². The average Bonchev–Trinajstić information content (AvgIpc) is 2.37. The number of hydrogen-bond acceptors (Lipinski definition) is 3. The Hall–Kier alpha value is -2.25. The van der Waals surface area contributed by atoms with Crippen molar-refractivity contribution in [3.05, 3.63) is 29.8 Å². The molecule has 1 atom stereocenters. The third-order valence-electron chi connectivity index (χ3n) is 2.44. The molecule has 0 fully saturated rings. The molecular formula is C13H15F3N2O3. The molecule has 0 radical (unpaired) electrons. The van der Waals surface area contributed by atoms with Crippen LogP contribution in [-0.4, -0.2) is 30.8 Å². The number of alkyl halides is 3. The molecule has 0 saturated heterocycles. The van der Waals surface area contributed by atoms with Gasteiger partial charge in [-0.1, -0.05) is 0 Å². The summed E-state index contributed by atoms with van der Waals surface area (Å²) >= 11 is 0. The molecule has 0 spiro atoms. The fourth-order valence-electron chi connectivity index (χ4n) is 1.48. The summed E-state index contributed by atoms with van der Waals surface area (Å²) in [7, 11) is 0. The van der Waals surface area contributed by atoms with E-state index in [2.05, 4.69) is 15.4 Å². The van der Waals surface area contributed by atoms with Crippen molar-refractivity contribution in [3.63, 3.8) is 0 Å². The number of amides is 2. The molecule has 8 heteroatoms. The van der Waals surface area contributed by atoms with Crippen molar-refractivity contribution in [1.29, 1.82) is 0 Å². The van der Waals surface area contributed by atoms with Crippen LogP contribution < -0.4 is 15.4 Å². The summed E-state index contributed by atoms with van der Waals surface area (Å²) in [6, 6.07) is 3.67. The van der Waals surface area contributed by atoms with Gasteiger partial charge in [0.1, 0.15) is 11.8 Å². The summed E-state index contributed by atoms with van der Waals surface area (Å²) < 4.78 is 39.7. The van der Waals surface area contributed by atoms with Crippen molar-refractivity contribution >= 4 is 11.8 Å². The summed E-state index contributed by atoms with van der Waals surface area (Å²) in [4.78, 5) is 23.3. The van der Waals surface area contributed by atoms with E-state index in [-0.39, 0.29) is 11.5 Å². The van der Waals surface area contributed by atoms with Crippen LogP contribution in [0.5, 0.6) is 5.75 Å². The van der Waals surface area contributed by atoms with Crippen LogP contribution in [0.15, 0.2) is 24.3 Å². The second kappa shape index (κ2) is 6.96. The minimum atomic E-state index is -4.78. The highest BCUT2D eigenvalue weighted by Crippen LogP contribution is 2.22. The summed E-state index contributed by atoms with van der Waals surface area (Å²) in [6.07, 6.45) is -4.78. The first kappa shape index (κ1) is 16.8. The molecule has 0 heterocycles. The highest BCUT2D eigenvalue weighted by Gasteiger charge is 2.31. The van der Waals surface area contributed by atoms with Gasteiger partial charge in [-0.15, -0.1) is 13.2 Å². The number of halogens is 3. The Morgan fingerprint density at radius 3 is 2.29 bits per heavy atom. The molecule has 2 N–H and O–H groups in total. The molecule has 0 bridgehead atoms. The van der Waals surface area contributed by atoms with Gasteiger partial charge in [-0.2, -0.15) is 0 Å². The van der Waals surface area contributed by atoms with Crippen LogP contribution >= 0.6 is 0 Å². The molecule has 21 heavy (non-hydrogen) atoms. The summed E-state index contributed by atoms with van der Waals surface area (Å²) in [5.41, 5.74) is 0.126. The third kappa shape index (κ3) is 5.72. The van der Waals surface area contributed by atoms with Gasteiger partial charge >= 0.3 is 6.36 Å². The van der Waals surface area contributed by atoms with Crippen molar-refractivity contribution in [1.82, 2.24) is 10.6 Å². The van der Waals surface area contributed by atoms with E-state index in [4.69, 9.17) is 0 Å². The predicted molar refractivity (Wildman–Crippen MR) is 68.7 cm³/mol. The molecule has 116 valence electrons. The van der Waals surface area contributed by atoms with Gasteiger partial charge in [-0.3, -0.25) is 9.59 Å². The Bertz CT molecular complexity index is 500. The second-order valence-corrected chi connectivity index (χ2v) is 4.16. The van der Waals surface area contributed by atoms with Crippen LogP contribution in [0.1, 0.15) is 24.2 Å². The Balaban J connectivity index is 2.65. The Labute approximate surface area is 119 Å². The SMILES string of the molecule is CCNC(=O)[C@H](C)NC(=O)c1ccc(OC(F)(F)F)cc1. The van der Waals surface area contributed by atoms with Crippen molar-refractivity contribution in [2.75, 3.05) is 6.54 Å². The quantitative estimate of drug-likeness (QED) is 0.872. The summed E-state index contributed by atoms with van der Waals surface area (Å²) in [5.74, 6) is -1.33. The molecule has 0 aliphatic rings. The maximum atomic E-state index is 12.0. The molecule has 0 saturated carbocycles. The number of carbonyl (C=O) groups is 2. The zero-order chi connectivity index (χ0) is 16.0. The molecule has 0 aromatic heterocycles. The van der Waals surface area contributed by atoms with Gasteiger partial charge in [0.05, 0.1) is 0 Å². The summed E-state index contributed by atoms with van der Waals surface area (Å²) in [6.45, 7) is 3.68. The van der Waals surface area contributed by atoms with Crippen molar-refractivity contribution in [2.24, 2.45) is 0 Å². The zero-order valence-electron chi connectivity index (χ0n) is 11.5. The van der Waals surface area contributed by atoms with E-state index >= 15 is 0 Å². The third-order valence-corrected chi connectivity index (χ3v) is 2.44. The minimum Gasteiger partial charge on any atom is -0.406 e. The van der Waals surface area contributed by atoms with E-state index in [0.29, 0.717) is 6.54 Å². The van der Waals surface area contributed by atoms with Crippen LogP contribution in [0.3, 0.4) is 0 Å². The Kier molecular flexibility index (Phi) is 5.57. The number of nitrogens with one attached hydrogen (secondary N) is 2. The number of rotatable bonds is 5. The lowest BCUT2D eigenvalue weighted by atomic mass is 10.2. The lowest BCUT2D eigenvalue weighted by molar-refractivity contribution is -0.274. The number of benzene rings is 1. The topological polar surface area (TPSA) is 67.4 Å². The first-order valence-electron chi connectivity index (χ1n) is 6.17. The monoisotopic (exact) mass is 304 g/mol. The smallest absolute Gasteiger partial charge is 0.406 e. The van der Waals surface area contributed by atoms with E-state index < -0.39 is 24.1 Å². The molecule has 5 nitrogen and oxygen atoms in total. The van der Waals surface area contributed by atoms with Crippen molar-refractivity contribution in [2.45, 2.75) is 26.3 Å². The van der Waals surface area contributed by atoms with E-state index in [1.54, 1.807) is 6.92 Å². The van der Waals surface area contributed by atoms with E-state index in [1.165, 1.54) is 19.1 Å². The average molecular weight is 304 g/mol. The van der Waals surface area contributed by atoms with Gasteiger partial charge in [-0.05, 0) is 38.1 Å².